The zero-order valence-electron chi connectivity index (χ0n) is 33.2. The molecule has 11 heteroatoms. The lowest BCUT2D eigenvalue weighted by Gasteiger charge is -2.20. The van der Waals surface area contributed by atoms with Gasteiger partial charge in [-0.25, -0.2) is 4.57 Å². The van der Waals surface area contributed by atoms with E-state index in [1.807, 2.05) is 6.08 Å². The molecule has 0 heterocycles. The summed E-state index contributed by atoms with van der Waals surface area (Å²) < 4.78 is 32.6. The highest BCUT2D eigenvalue weighted by molar-refractivity contribution is 7.47. The van der Waals surface area contributed by atoms with Crippen LogP contribution < -0.4 is 0 Å². The van der Waals surface area contributed by atoms with Crippen LogP contribution in [0.15, 0.2) is 48.6 Å². The van der Waals surface area contributed by atoms with E-state index in [0.29, 0.717) is 19.3 Å². The molecule has 0 saturated carbocycles. The molecule has 0 aliphatic carbocycles. The first-order valence-electron chi connectivity index (χ1n) is 20.6. The van der Waals surface area contributed by atoms with Gasteiger partial charge in [0.2, 0.25) is 0 Å². The van der Waals surface area contributed by atoms with Gasteiger partial charge in [-0.1, -0.05) is 133 Å². The van der Waals surface area contributed by atoms with Crippen LogP contribution in [0.25, 0.3) is 0 Å². The third-order valence-electron chi connectivity index (χ3n) is 8.46. The molecule has 0 aromatic heterocycles. The summed E-state index contributed by atoms with van der Waals surface area (Å²) in [5.74, 6) is -1.01. The van der Waals surface area contributed by atoms with E-state index < -0.39 is 51.8 Å². The van der Waals surface area contributed by atoms with Gasteiger partial charge in [0.25, 0.3) is 0 Å². The van der Waals surface area contributed by atoms with Crippen LogP contribution in [-0.2, 0) is 32.7 Å². The highest BCUT2D eigenvalue weighted by atomic mass is 31.2. The maximum atomic E-state index is 12.6. The molecule has 0 spiro atoms. The van der Waals surface area contributed by atoms with E-state index in [1.54, 1.807) is 0 Å². The summed E-state index contributed by atoms with van der Waals surface area (Å²) in [5, 5.41) is 18.3. The van der Waals surface area contributed by atoms with Crippen LogP contribution in [-0.4, -0.2) is 65.7 Å². The number of phosphoric acid groups is 1. The number of carbonyl (C=O) groups excluding carboxylic acids is 2. The predicted octanol–water partition coefficient (Wildman–Crippen LogP) is 10.6. The van der Waals surface area contributed by atoms with Crippen molar-refractivity contribution in [1.29, 1.82) is 0 Å². The molecule has 0 amide bonds. The maximum Gasteiger partial charge on any atom is 0.472 e. The third kappa shape index (κ3) is 38.0. The number of aliphatic hydroxyl groups is 2. The summed E-state index contributed by atoms with van der Waals surface area (Å²) in [6.07, 6.45) is 39.5. The van der Waals surface area contributed by atoms with Gasteiger partial charge in [-0.05, 0) is 70.6 Å². The number of esters is 2. The number of allylic oxidation sites excluding steroid dienone is 8. The fraction of sp³-hybridized carbons (Fsp3) is 0.762. The van der Waals surface area contributed by atoms with Crippen molar-refractivity contribution in [3.63, 3.8) is 0 Å². The first-order chi connectivity index (χ1) is 25.7. The lowest BCUT2D eigenvalue weighted by Crippen LogP contribution is -2.29. The van der Waals surface area contributed by atoms with Crippen molar-refractivity contribution >= 4 is 19.8 Å². The fourth-order valence-corrected chi connectivity index (χ4v) is 6.03. The Morgan fingerprint density at radius 2 is 1.00 bits per heavy atom. The molecule has 308 valence electrons. The normalized spacial score (nSPS) is 14.4. The summed E-state index contributed by atoms with van der Waals surface area (Å²) in [5.41, 5.74) is 0. The molecule has 0 fully saturated rings. The summed E-state index contributed by atoms with van der Waals surface area (Å²) in [6, 6.07) is 0. The lowest BCUT2D eigenvalue weighted by atomic mass is 10.1. The molecule has 10 nitrogen and oxygen atoms in total. The van der Waals surface area contributed by atoms with Crippen molar-refractivity contribution < 1.29 is 47.8 Å². The number of phosphoric ester groups is 1. The standard InChI is InChI=1S/C42H75O10P/c1-3-5-7-9-11-13-15-17-18-19-20-22-24-26-28-30-32-34-42(46)52-40(38-51-53(47,48)50-36-39(44)35-43)37-49-41(45)33-31-29-27-25-23-21-16-14-12-10-8-6-4-2/h17-18,20-23,26,28,39-40,43-44H,3-16,19,24-25,27,29-38H2,1-2H3,(H,47,48)/b18-17+,22-20+,23-21+,28-26+/t39-,40+/m0/s1. The van der Waals surface area contributed by atoms with Crippen LogP contribution in [0.3, 0.4) is 0 Å². The molecule has 0 bridgehead atoms. The second-order valence-corrected chi connectivity index (χ2v) is 15.1. The zero-order valence-corrected chi connectivity index (χ0v) is 34.1. The summed E-state index contributed by atoms with van der Waals surface area (Å²) >= 11 is 0. The van der Waals surface area contributed by atoms with Gasteiger partial charge < -0.3 is 24.6 Å². The van der Waals surface area contributed by atoms with E-state index in [1.165, 1.54) is 77.0 Å². The monoisotopic (exact) mass is 771 g/mol. The van der Waals surface area contributed by atoms with Gasteiger partial charge in [-0.3, -0.25) is 18.6 Å². The number of carbonyl (C=O) groups is 2. The van der Waals surface area contributed by atoms with Crippen LogP contribution in [0, 0.1) is 0 Å². The number of rotatable bonds is 38. The minimum atomic E-state index is -4.63. The minimum absolute atomic E-state index is 0.109. The van der Waals surface area contributed by atoms with E-state index in [4.69, 9.17) is 19.1 Å². The molecule has 0 aliphatic heterocycles. The van der Waals surface area contributed by atoms with Gasteiger partial charge in [0.1, 0.15) is 12.7 Å². The third-order valence-corrected chi connectivity index (χ3v) is 9.41. The predicted molar refractivity (Wildman–Crippen MR) is 214 cm³/mol. The Morgan fingerprint density at radius 3 is 1.55 bits per heavy atom. The Morgan fingerprint density at radius 1 is 0.566 bits per heavy atom. The molecule has 0 saturated heterocycles. The molecule has 0 aromatic rings. The summed E-state index contributed by atoms with van der Waals surface area (Å²) in [6.45, 7) is 2.28. The van der Waals surface area contributed by atoms with Crippen molar-refractivity contribution in [2.75, 3.05) is 26.4 Å². The number of ether oxygens (including phenoxy) is 2. The molecular formula is C42H75O10P. The second-order valence-electron chi connectivity index (χ2n) is 13.7. The summed E-state index contributed by atoms with van der Waals surface area (Å²) in [4.78, 5) is 34.9. The molecule has 0 aliphatic rings. The van der Waals surface area contributed by atoms with Gasteiger partial charge in [-0.2, -0.15) is 0 Å². The van der Waals surface area contributed by atoms with Crippen LogP contribution in [0.5, 0.6) is 0 Å². The number of hydrogen-bond acceptors (Lipinski definition) is 9. The first-order valence-corrected chi connectivity index (χ1v) is 22.1. The summed E-state index contributed by atoms with van der Waals surface area (Å²) in [7, 11) is -4.63. The number of unbranched alkanes of at least 4 members (excludes halogenated alkanes) is 16. The Labute approximate surface area is 322 Å². The quantitative estimate of drug-likeness (QED) is 0.0240. The average molecular weight is 771 g/mol. The first kappa shape index (κ1) is 50.9. The smallest absolute Gasteiger partial charge is 0.462 e. The van der Waals surface area contributed by atoms with Crippen molar-refractivity contribution in [3.8, 4) is 0 Å². The van der Waals surface area contributed by atoms with E-state index in [9.17, 15) is 24.2 Å². The van der Waals surface area contributed by atoms with E-state index >= 15 is 0 Å². The van der Waals surface area contributed by atoms with Gasteiger partial charge in [0.15, 0.2) is 6.10 Å². The molecule has 0 radical (unpaired) electrons. The van der Waals surface area contributed by atoms with Crippen LogP contribution in [0.1, 0.15) is 168 Å². The second kappa shape index (κ2) is 38.2. The van der Waals surface area contributed by atoms with Gasteiger partial charge >= 0.3 is 19.8 Å². The van der Waals surface area contributed by atoms with Gasteiger partial charge in [0.05, 0.1) is 19.8 Å². The molecule has 3 N–H and O–H groups in total. The SMILES string of the molecule is CCCCCCCC/C=C/C/C=C/C/C=C/CCCC(=O)O[C@H](COC(=O)CCCCC/C=C/CCCCCCCC)COP(=O)(O)OC[C@@H](O)CO. The Bertz CT molecular complexity index is 1030. The molecule has 0 aromatic carbocycles. The number of hydrogen-bond donors (Lipinski definition) is 3. The van der Waals surface area contributed by atoms with Crippen LogP contribution >= 0.6 is 7.82 Å². The highest BCUT2D eigenvalue weighted by Gasteiger charge is 2.27. The Kier molecular flexibility index (Phi) is 36.7. The molecule has 1 unspecified atom stereocenters. The van der Waals surface area contributed by atoms with Gasteiger partial charge in [0, 0.05) is 12.8 Å². The number of aliphatic hydroxyl groups excluding tert-OH is 2. The van der Waals surface area contributed by atoms with E-state index in [2.05, 4.69) is 60.9 Å². The van der Waals surface area contributed by atoms with Gasteiger partial charge in [-0.15, -0.1) is 0 Å². The minimum Gasteiger partial charge on any atom is -0.462 e. The van der Waals surface area contributed by atoms with Crippen molar-refractivity contribution in [3.05, 3.63) is 48.6 Å². The van der Waals surface area contributed by atoms with E-state index in [-0.39, 0.29) is 19.4 Å². The molecule has 0 rings (SSSR count). The topological polar surface area (TPSA) is 149 Å². The Balaban J connectivity index is 4.45. The van der Waals surface area contributed by atoms with Crippen molar-refractivity contribution in [1.82, 2.24) is 0 Å². The van der Waals surface area contributed by atoms with E-state index in [0.717, 1.165) is 44.9 Å². The maximum absolute atomic E-state index is 12.6. The molecular weight excluding hydrogens is 695 g/mol. The average Bonchev–Trinajstić information content (AvgIpc) is 3.14. The largest absolute Gasteiger partial charge is 0.472 e. The van der Waals surface area contributed by atoms with Crippen molar-refractivity contribution in [2.45, 2.75) is 180 Å². The zero-order chi connectivity index (χ0) is 39.1. The fourth-order valence-electron chi connectivity index (χ4n) is 5.24. The molecule has 3 atom stereocenters. The highest BCUT2D eigenvalue weighted by Crippen LogP contribution is 2.43. The Hall–Kier alpha value is -2.07. The van der Waals surface area contributed by atoms with Crippen LogP contribution in [0.2, 0.25) is 0 Å². The van der Waals surface area contributed by atoms with Crippen molar-refractivity contribution in [2.24, 2.45) is 0 Å². The van der Waals surface area contributed by atoms with Crippen LogP contribution in [0.4, 0.5) is 0 Å². The lowest BCUT2D eigenvalue weighted by molar-refractivity contribution is -0.161. The molecule has 53 heavy (non-hydrogen) atoms.